The molecular weight excluding hydrogens is 220 g/mol. The number of nitriles is 1. The molecule has 2 nitrogen and oxygen atoms in total. The minimum absolute atomic E-state index is 0.183. The molecule has 2 unspecified atom stereocenters. The second kappa shape index (κ2) is 5.12. The lowest BCUT2D eigenvalue weighted by atomic mass is 9.83. The van der Waals surface area contributed by atoms with Crippen LogP contribution in [0.2, 0.25) is 0 Å². The van der Waals surface area contributed by atoms with Crippen molar-refractivity contribution in [2.24, 2.45) is 5.92 Å². The maximum Gasteiger partial charge on any atom is 0.0669 e. The third kappa shape index (κ3) is 2.57. The van der Waals surface area contributed by atoms with Crippen LogP contribution in [0.25, 0.3) is 0 Å². The molecular formula is C16H22N2. The summed E-state index contributed by atoms with van der Waals surface area (Å²) in [4.78, 5) is 2.49. The van der Waals surface area contributed by atoms with Crippen LogP contribution in [0.1, 0.15) is 45.2 Å². The van der Waals surface area contributed by atoms with Crippen molar-refractivity contribution in [3.63, 3.8) is 0 Å². The highest BCUT2D eigenvalue weighted by molar-refractivity contribution is 5.19. The number of piperidine rings is 1. The van der Waals surface area contributed by atoms with Gasteiger partial charge in [0.15, 0.2) is 0 Å². The molecule has 0 aliphatic carbocycles. The summed E-state index contributed by atoms with van der Waals surface area (Å²) in [5.41, 5.74) is 1.52. The lowest BCUT2D eigenvalue weighted by molar-refractivity contribution is 0.0238. The fourth-order valence-corrected chi connectivity index (χ4v) is 2.95. The molecule has 1 aromatic rings. The molecule has 2 rings (SSSR count). The molecule has 0 amide bonds. The smallest absolute Gasteiger partial charge is 0.0669 e. The normalized spacial score (nSPS) is 25.3. The van der Waals surface area contributed by atoms with Crippen molar-refractivity contribution in [1.29, 1.82) is 5.26 Å². The summed E-state index contributed by atoms with van der Waals surface area (Å²) < 4.78 is 0. The van der Waals surface area contributed by atoms with Crippen molar-refractivity contribution < 1.29 is 0 Å². The van der Waals surface area contributed by atoms with E-state index < -0.39 is 0 Å². The van der Waals surface area contributed by atoms with Crippen LogP contribution in [-0.4, -0.2) is 17.0 Å². The van der Waals surface area contributed by atoms with Gasteiger partial charge in [0.05, 0.1) is 12.0 Å². The van der Waals surface area contributed by atoms with E-state index in [1.54, 1.807) is 0 Å². The van der Waals surface area contributed by atoms with E-state index in [4.69, 9.17) is 5.26 Å². The van der Waals surface area contributed by atoms with E-state index >= 15 is 0 Å². The predicted molar refractivity (Wildman–Crippen MR) is 74.0 cm³/mol. The average molecular weight is 242 g/mol. The van der Waals surface area contributed by atoms with Gasteiger partial charge in [-0.25, -0.2) is 0 Å². The van der Waals surface area contributed by atoms with Crippen LogP contribution in [0.3, 0.4) is 0 Å². The third-order valence-electron chi connectivity index (χ3n) is 4.23. The van der Waals surface area contributed by atoms with Gasteiger partial charge in [-0.15, -0.1) is 0 Å². The number of nitrogens with zero attached hydrogens (tertiary/aromatic N) is 2. The van der Waals surface area contributed by atoms with Gasteiger partial charge >= 0.3 is 0 Å². The summed E-state index contributed by atoms with van der Waals surface area (Å²) in [5, 5.41) is 9.15. The molecule has 96 valence electrons. The van der Waals surface area contributed by atoms with Crippen molar-refractivity contribution >= 4 is 0 Å². The Balaban J connectivity index is 2.21. The minimum atomic E-state index is 0.183. The fourth-order valence-electron chi connectivity index (χ4n) is 2.95. The maximum absolute atomic E-state index is 9.15. The Hall–Kier alpha value is -1.33. The average Bonchev–Trinajstić information content (AvgIpc) is 2.39. The van der Waals surface area contributed by atoms with Crippen LogP contribution in [-0.2, 0) is 0 Å². The van der Waals surface area contributed by atoms with Crippen LogP contribution in [0, 0.1) is 17.2 Å². The van der Waals surface area contributed by atoms with Gasteiger partial charge in [-0.05, 0) is 39.2 Å². The van der Waals surface area contributed by atoms with Crippen LogP contribution in [0.5, 0.6) is 0 Å². The molecule has 1 aliphatic heterocycles. The van der Waals surface area contributed by atoms with E-state index in [0.29, 0.717) is 6.04 Å². The summed E-state index contributed by atoms with van der Waals surface area (Å²) in [6, 6.07) is 13.4. The zero-order valence-electron chi connectivity index (χ0n) is 11.6. The molecule has 0 aromatic heterocycles. The summed E-state index contributed by atoms with van der Waals surface area (Å²) in [7, 11) is 0. The van der Waals surface area contributed by atoms with Crippen molar-refractivity contribution in [2.45, 2.75) is 45.2 Å². The number of rotatable bonds is 2. The second-order valence-electron chi connectivity index (χ2n) is 5.92. The van der Waals surface area contributed by atoms with Crippen LogP contribution >= 0.6 is 0 Å². The van der Waals surface area contributed by atoms with E-state index in [0.717, 1.165) is 19.4 Å². The Labute approximate surface area is 110 Å². The predicted octanol–water partition coefficient (Wildman–Crippen LogP) is 3.76. The van der Waals surface area contributed by atoms with Gasteiger partial charge in [-0.3, -0.25) is 4.90 Å². The summed E-state index contributed by atoms with van der Waals surface area (Å²) in [6.07, 6.45) is 2.13. The first kappa shape index (κ1) is 13.1. The Bertz CT molecular complexity index is 430. The molecule has 0 spiro atoms. The Kier molecular flexibility index (Phi) is 3.73. The first-order valence-corrected chi connectivity index (χ1v) is 6.76. The molecule has 0 bridgehead atoms. The maximum atomic E-state index is 9.15. The third-order valence-corrected chi connectivity index (χ3v) is 4.23. The highest BCUT2D eigenvalue weighted by Crippen LogP contribution is 2.36. The highest BCUT2D eigenvalue weighted by Gasteiger charge is 2.37. The van der Waals surface area contributed by atoms with Crippen molar-refractivity contribution in [2.75, 3.05) is 6.54 Å². The van der Waals surface area contributed by atoms with Gasteiger partial charge in [0.25, 0.3) is 0 Å². The molecule has 2 atom stereocenters. The lowest BCUT2D eigenvalue weighted by Crippen LogP contribution is -2.51. The molecule has 1 fully saturated rings. The van der Waals surface area contributed by atoms with E-state index in [9.17, 15) is 0 Å². The van der Waals surface area contributed by atoms with Gasteiger partial charge in [0, 0.05) is 18.1 Å². The van der Waals surface area contributed by atoms with Gasteiger partial charge in [0.1, 0.15) is 0 Å². The van der Waals surface area contributed by atoms with Gasteiger partial charge in [-0.1, -0.05) is 30.3 Å². The lowest BCUT2D eigenvalue weighted by Gasteiger charge is -2.47. The number of hydrogen-bond donors (Lipinski definition) is 0. The monoisotopic (exact) mass is 242 g/mol. The largest absolute Gasteiger partial charge is 0.290 e. The SMILES string of the molecule is CC(c1ccccc1)N1CC(C#N)CCC1(C)C. The number of benzene rings is 1. The summed E-state index contributed by atoms with van der Waals surface area (Å²) in [5.74, 6) is 0.184. The highest BCUT2D eigenvalue weighted by atomic mass is 15.2. The standard InChI is InChI=1S/C16H22N2/c1-13(15-7-5-4-6-8-15)18-12-14(11-17)9-10-16(18,2)3/h4-8,13-14H,9-10,12H2,1-3H3. The molecule has 2 heteroatoms. The van der Waals surface area contributed by atoms with E-state index in [1.165, 1.54) is 5.56 Å². The summed E-state index contributed by atoms with van der Waals surface area (Å²) >= 11 is 0. The fraction of sp³-hybridized carbons (Fsp3) is 0.562. The van der Waals surface area contributed by atoms with Crippen LogP contribution < -0.4 is 0 Å². The molecule has 1 saturated heterocycles. The van der Waals surface area contributed by atoms with E-state index in [-0.39, 0.29) is 11.5 Å². The number of likely N-dealkylation sites (tertiary alicyclic amines) is 1. The molecule has 1 heterocycles. The van der Waals surface area contributed by atoms with Gasteiger partial charge in [-0.2, -0.15) is 5.26 Å². The van der Waals surface area contributed by atoms with Crippen molar-refractivity contribution in [3.05, 3.63) is 35.9 Å². The molecule has 1 aliphatic rings. The first-order chi connectivity index (χ1) is 8.54. The zero-order chi connectivity index (χ0) is 13.2. The summed E-state index contributed by atoms with van der Waals surface area (Å²) in [6.45, 7) is 7.72. The Morgan fingerprint density at radius 2 is 2.00 bits per heavy atom. The molecule has 0 radical (unpaired) electrons. The number of hydrogen-bond acceptors (Lipinski definition) is 2. The Morgan fingerprint density at radius 1 is 1.33 bits per heavy atom. The first-order valence-electron chi connectivity index (χ1n) is 6.76. The van der Waals surface area contributed by atoms with Crippen LogP contribution in [0.4, 0.5) is 0 Å². The molecule has 0 N–H and O–H groups in total. The molecule has 0 saturated carbocycles. The minimum Gasteiger partial charge on any atom is -0.290 e. The zero-order valence-corrected chi connectivity index (χ0v) is 11.6. The van der Waals surface area contributed by atoms with E-state index in [2.05, 4.69) is 62.1 Å². The molecule has 18 heavy (non-hydrogen) atoms. The Morgan fingerprint density at radius 3 is 2.61 bits per heavy atom. The van der Waals surface area contributed by atoms with Gasteiger partial charge in [0.2, 0.25) is 0 Å². The van der Waals surface area contributed by atoms with Crippen molar-refractivity contribution in [1.82, 2.24) is 4.90 Å². The van der Waals surface area contributed by atoms with Crippen molar-refractivity contribution in [3.8, 4) is 6.07 Å². The van der Waals surface area contributed by atoms with E-state index in [1.807, 2.05) is 0 Å². The van der Waals surface area contributed by atoms with Crippen LogP contribution in [0.15, 0.2) is 30.3 Å². The van der Waals surface area contributed by atoms with Gasteiger partial charge < -0.3 is 0 Å². The topological polar surface area (TPSA) is 27.0 Å². The molecule has 1 aromatic carbocycles. The quantitative estimate of drug-likeness (QED) is 0.789. The second-order valence-corrected chi connectivity index (χ2v) is 5.92.